The first kappa shape index (κ1) is 18.2. The van der Waals surface area contributed by atoms with Crippen molar-refractivity contribution >= 4 is 22.4 Å². The van der Waals surface area contributed by atoms with E-state index in [1.54, 1.807) is 11.5 Å². The molecule has 28 heavy (non-hydrogen) atoms. The number of benzene rings is 2. The van der Waals surface area contributed by atoms with Gasteiger partial charge < -0.3 is 9.47 Å². The highest BCUT2D eigenvalue weighted by Crippen LogP contribution is 2.28. The molecule has 4 aromatic rings. The molecule has 2 aromatic carbocycles. The third kappa shape index (κ3) is 3.14. The number of hydrogen-bond donors (Lipinski definition) is 0. The topological polar surface area (TPSA) is 65.7 Å². The Morgan fingerprint density at radius 3 is 2.71 bits per heavy atom. The number of thiazole rings is 1. The molecule has 0 N–H and O–H groups in total. The van der Waals surface area contributed by atoms with Gasteiger partial charge in [0, 0.05) is 5.56 Å². The van der Waals surface area contributed by atoms with Gasteiger partial charge in [0.05, 0.1) is 18.2 Å². The van der Waals surface area contributed by atoms with Crippen LogP contribution in [-0.2, 0) is 0 Å². The van der Waals surface area contributed by atoms with Crippen molar-refractivity contribution in [1.82, 2.24) is 14.6 Å². The van der Waals surface area contributed by atoms with Crippen molar-refractivity contribution < 1.29 is 9.47 Å². The molecule has 2 heterocycles. The minimum atomic E-state index is -0.129. The average Bonchev–Trinajstić information content (AvgIpc) is 3.24. The van der Waals surface area contributed by atoms with Gasteiger partial charge in [-0.3, -0.25) is 4.79 Å². The molecular weight excluding hydrogens is 374 g/mol. The molecule has 0 saturated carbocycles. The summed E-state index contributed by atoms with van der Waals surface area (Å²) in [5, 5.41) is 8.43. The zero-order valence-corrected chi connectivity index (χ0v) is 16.6. The molecule has 0 saturated heterocycles. The van der Waals surface area contributed by atoms with E-state index in [0.717, 1.165) is 16.7 Å². The summed E-state index contributed by atoms with van der Waals surface area (Å²) in [6.45, 7) is 4.47. The molecular formula is C21H19N3O3S. The van der Waals surface area contributed by atoms with Gasteiger partial charge in [-0.05, 0) is 43.2 Å². The van der Waals surface area contributed by atoms with Crippen LogP contribution in [0.25, 0.3) is 22.4 Å². The average molecular weight is 393 g/mol. The van der Waals surface area contributed by atoms with Crippen LogP contribution < -0.4 is 19.6 Å². The lowest BCUT2D eigenvalue weighted by Gasteiger charge is -2.09. The van der Waals surface area contributed by atoms with Gasteiger partial charge in [-0.2, -0.15) is 0 Å². The highest BCUT2D eigenvalue weighted by atomic mass is 32.1. The van der Waals surface area contributed by atoms with Crippen LogP contribution in [0.3, 0.4) is 0 Å². The molecule has 2 aromatic heterocycles. The molecule has 0 spiro atoms. The fourth-order valence-corrected chi connectivity index (χ4v) is 3.97. The predicted molar refractivity (Wildman–Crippen MR) is 110 cm³/mol. The maximum absolute atomic E-state index is 13.0. The molecule has 0 aliphatic carbocycles. The molecule has 0 aliphatic heterocycles. The Balaban J connectivity index is 1.84. The second-order valence-electron chi connectivity index (χ2n) is 6.22. The molecule has 6 nitrogen and oxygen atoms in total. The maximum atomic E-state index is 13.0. The van der Waals surface area contributed by atoms with Crippen molar-refractivity contribution in [2.24, 2.45) is 0 Å². The molecule has 4 rings (SSSR count). The van der Waals surface area contributed by atoms with Gasteiger partial charge in [0.15, 0.2) is 17.3 Å². The van der Waals surface area contributed by atoms with Crippen molar-refractivity contribution in [1.29, 1.82) is 0 Å². The molecule has 0 amide bonds. The Bertz CT molecular complexity index is 1260. The third-order valence-electron chi connectivity index (χ3n) is 4.42. The summed E-state index contributed by atoms with van der Waals surface area (Å²) in [4.78, 5) is 13.6. The van der Waals surface area contributed by atoms with Crippen molar-refractivity contribution in [2.45, 2.75) is 13.8 Å². The highest BCUT2D eigenvalue weighted by molar-refractivity contribution is 7.15. The third-order valence-corrected chi connectivity index (χ3v) is 5.38. The van der Waals surface area contributed by atoms with E-state index < -0.39 is 0 Å². The largest absolute Gasteiger partial charge is 0.493 e. The number of fused-ring (bicyclic) bond motifs is 1. The second-order valence-corrected chi connectivity index (χ2v) is 7.22. The number of methoxy groups -OCH3 is 1. The smallest absolute Gasteiger partial charge is 0.276 e. The normalized spacial score (nSPS) is 11.9. The monoisotopic (exact) mass is 393 g/mol. The van der Waals surface area contributed by atoms with Crippen LogP contribution in [0.15, 0.2) is 47.3 Å². The Hall–Kier alpha value is -3.19. The maximum Gasteiger partial charge on any atom is 0.276 e. The fourth-order valence-electron chi connectivity index (χ4n) is 3.06. The fraction of sp³-hybridized carbons (Fsp3) is 0.190. The molecule has 0 radical (unpaired) electrons. The molecule has 0 aliphatic rings. The summed E-state index contributed by atoms with van der Waals surface area (Å²) in [6.07, 6.45) is 1.83. The Labute approximate surface area is 165 Å². The number of hydrogen-bond acceptors (Lipinski definition) is 6. The van der Waals surface area contributed by atoms with E-state index in [1.807, 2.05) is 62.4 Å². The van der Waals surface area contributed by atoms with E-state index in [4.69, 9.17) is 9.47 Å². The minimum absolute atomic E-state index is 0.129. The van der Waals surface area contributed by atoms with E-state index in [9.17, 15) is 4.79 Å². The van der Waals surface area contributed by atoms with Gasteiger partial charge in [0.1, 0.15) is 0 Å². The summed E-state index contributed by atoms with van der Waals surface area (Å²) in [5.41, 5.74) is 2.67. The second kappa shape index (κ2) is 7.44. The molecule has 0 atom stereocenters. The van der Waals surface area contributed by atoms with Crippen LogP contribution in [-0.4, -0.2) is 28.3 Å². The van der Waals surface area contributed by atoms with Gasteiger partial charge in [0.2, 0.25) is 4.96 Å². The van der Waals surface area contributed by atoms with Gasteiger partial charge >= 0.3 is 0 Å². The predicted octanol–water partition coefficient (Wildman–Crippen LogP) is 3.08. The van der Waals surface area contributed by atoms with Crippen LogP contribution in [0.1, 0.15) is 18.1 Å². The van der Waals surface area contributed by atoms with E-state index in [0.29, 0.717) is 33.4 Å². The van der Waals surface area contributed by atoms with E-state index >= 15 is 0 Å². The molecule has 0 unspecified atom stereocenters. The van der Waals surface area contributed by atoms with E-state index in [2.05, 4.69) is 10.2 Å². The Morgan fingerprint density at radius 2 is 1.96 bits per heavy atom. The van der Waals surface area contributed by atoms with E-state index in [1.165, 1.54) is 11.3 Å². The first-order valence-corrected chi connectivity index (χ1v) is 9.70. The summed E-state index contributed by atoms with van der Waals surface area (Å²) >= 11 is 1.32. The lowest BCUT2D eigenvalue weighted by Crippen LogP contribution is -2.23. The van der Waals surface area contributed by atoms with Crippen LogP contribution in [0, 0.1) is 6.92 Å². The van der Waals surface area contributed by atoms with Crippen molar-refractivity contribution in [3.8, 4) is 22.9 Å². The first-order valence-electron chi connectivity index (χ1n) is 8.89. The van der Waals surface area contributed by atoms with Crippen LogP contribution in [0.2, 0.25) is 0 Å². The van der Waals surface area contributed by atoms with Gasteiger partial charge in [-0.15, -0.1) is 10.2 Å². The van der Waals surface area contributed by atoms with Crippen LogP contribution in [0.4, 0.5) is 0 Å². The Kier molecular flexibility index (Phi) is 4.83. The minimum Gasteiger partial charge on any atom is -0.493 e. The van der Waals surface area contributed by atoms with Crippen molar-refractivity contribution in [2.75, 3.05) is 13.7 Å². The zero-order valence-electron chi connectivity index (χ0n) is 15.8. The van der Waals surface area contributed by atoms with Crippen LogP contribution >= 0.6 is 11.3 Å². The molecule has 0 fully saturated rings. The Morgan fingerprint density at radius 1 is 1.14 bits per heavy atom. The SMILES string of the molecule is CCOc1ccc(/C=c2/sc3nnc(-c4ccccc4C)n3c2=O)cc1OC. The van der Waals surface area contributed by atoms with Gasteiger partial charge in [-0.25, -0.2) is 4.40 Å². The van der Waals surface area contributed by atoms with Crippen molar-refractivity contribution in [3.05, 3.63) is 68.5 Å². The van der Waals surface area contributed by atoms with Crippen molar-refractivity contribution in [3.63, 3.8) is 0 Å². The van der Waals surface area contributed by atoms with Gasteiger partial charge in [-0.1, -0.05) is 41.7 Å². The van der Waals surface area contributed by atoms with Crippen LogP contribution in [0.5, 0.6) is 11.5 Å². The lowest BCUT2D eigenvalue weighted by atomic mass is 10.1. The molecule has 7 heteroatoms. The van der Waals surface area contributed by atoms with E-state index in [-0.39, 0.29) is 5.56 Å². The molecule has 0 bridgehead atoms. The number of aromatic nitrogens is 3. The number of rotatable bonds is 5. The summed E-state index contributed by atoms with van der Waals surface area (Å²) in [6, 6.07) is 13.4. The van der Waals surface area contributed by atoms with Gasteiger partial charge in [0.25, 0.3) is 5.56 Å². The quantitative estimate of drug-likeness (QED) is 0.521. The number of nitrogens with zero attached hydrogens (tertiary/aromatic N) is 3. The highest BCUT2D eigenvalue weighted by Gasteiger charge is 2.15. The molecule has 142 valence electrons. The first-order chi connectivity index (χ1) is 13.6. The standard InChI is InChI=1S/C21H19N3O3S/c1-4-27-16-10-9-14(11-17(16)26-3)12-18-20(25)24-19(22-23-21(24)28-18)15-8-6-5-7-13(15)2/h5-12H,4H2,1-3H3/b18-12+. The number of ether oxygens (including phenoxy) is 2. The number of aryl methyl sites for hydroxylation is 1. The lowest BCUT2D eigenvalue weighted by molar-refractivity contribution is 0.311. The summed E-state index contributed by atoms with van der Waals surface area (Å²) in [5.74, 6) is 1.88. The zero-order chi connectivity index (χ0) is 19.7. The summed E-state index contributed by atoms with van der Waals surface area (Å²) in [7, 11) is 1.60. The summed E-state index contributed by atoms with van der Waals surface area (Å²) < 4.78 is 13.1.